The van der Waals surface area contributed by atoms with Gasteiger partial charge in [-0.3, -0.25) is 4.79 Å². The smallest absolute Gasteiger partial charge is 0.340 e. The molecule has 0 spiro atoms. The predicted molar refractivity (Wildman–Crippen MR) is 130 cm³/mol. The third-order valence-corrected chi connectivity index (χ3v) is 6.99. The number of fused-ring (bicyclic) bond motifs is 2. The van der Waals surface area contributed by atoms with Gasteiger partial charge in [0.15, 0.2) is 0 Å². The topological polar surface area (TPSA) is 113 Å². The van der Waals surface area contributed by atoms with Gasteiger partial charge in [0.05, 0.1) is 30.3 Å². The Hall–Kier alpha value is -3.52. The van der Waals surface area contributed by atoms with E-state index in [0.29, 0.717) is 33.4 Å². The van der Waals surface area contributed by atoms with E-state index in [0.717, 1.165) is 16.5 Å². The molecule has 2 aromatic carbocycles. The van der Waals surface area contributed by atoms with Crippen molar-refractivity contribution in [3.63, 3.8) is 0 Å². The maximum atomic E-state index is 12.7. The molecule has 1 amide bonds. The van der Waals surface area contributed by atoms with Gasteiger partial charge in [0.1, 0.15) is 11.2 Å². The molecule has 0 saturated carbocycles. The van der Waals surface area contributed by atoms with E-state index in [1.165, 1.54) is 11.8 Å². The number of aliphatic carboxylic acids is 1. The summed E-state index contributed by atoms with van der Waals surface area (Å²) in [7, 11) is 0. The Morgan fingerprint density at radius 3 is 2.50 bits per heavy atom. The number of carboxylic acid groups (broad SMARTS) is 1. The summed E-state index contributed by atoms with van der Waals surface area (Å²) in [5, 5.41) is 15.7. The standard InChI is InChI=1S/C26H25NO6S/c1-14-11-32-23-16(3)24-19(9-18(14)23)15(2)20(26(31)33-24)10-22(28)27-21(25(29)30)13-34-12-17-7-5-4-6-8-17/h4-9,11,21H,10,12-13H2,1-3H3,(H,27,28)(H,29,30)/p-1/t21-/m0/s1. The fraction of sp³-hybridized carbons (Fsp3) is 0.269. The number of carbonyl (C=O) groups excluding carboxylic acids is 2. The highest BCUT2D eigenvalue weighted by molar-refractivity contribution is 7.98. The molecule has 0 radical (unpaired) electrons. The second-order valence-corrected chi connectivity index (χ2v) is 9.31. The third kappa shape index (κ3) is 4.72. The molecule has 0 saturated heterocycles. The molecule has 0 bridgehead atoms. The maximum Gasteiger partial charge on any atom is 0.340 e. The highest BCUT2D eigenvalue weighted by atomic mass is 32.2. The number of hydrogen-bond donors (Lipinski definition) is 1. The van der Waals surface area contributed by atoms with Crippen molar-refractivity contribution in [2.75, 3.05) is 5.75 Å². The van der Waals surface area contributed by atoms with Crippen molar-refractivity contribution in [1.82, 2.24) is 5.32 Å². The largest absolute Gasteiger partial charge is 0.548 e. The number of amides is 1. The molecular weight excluding hydrogens is 454 g/mol. The van der Waals surface area contributed by atoms with E-state index in [2.05, 4.69) is 5.32 Å². The quantitative estimate of drug-likeness (QED) is 0.387. The zero-order chi connectivity index (χ0) is 24.4. The molecule has 0 aliphatic carbocycles. The number of nitrogens with one attached hydrogen (secondary N) is 1. The Morgan fingerprint density at radius 2 is 1.79 bits per heavy atom. The van der Waals surface area contributed by atoms with E-state index in [4.69, 9.17) is 8.83 Å². The SMILES string of the molecule is Cc1coc2c(C)c3oc(=O)c(CC(=O)N[C@@H](CSCc4ccccc4)C(=O)[O-])c(C)c3cc12. The molecule has 34 heavy (non-hydrogen) atoms. The molecule has 0 aliphatic heterocycles. The molecule has 7 nitrogen and oxygen atoms in total. The molecule has 8 heteroatoms. The van der Waals surface area contributed by atoms with Crippen LogP contribution in [0.2, 0.25) is 0 Å². The van der Waals surface area contributed by atoms with Crippen LogP contribution in [0.3, 0.4) is 0 Å². The minimum absolute atomic E-state index is 0.144. The zero-order valence-corrected chi connectivity index (χ0v) is 19.9. The van der Waals surface area contributed by atoms with Crippen molar-refractivity contribution in [1.29, 1.82) is 0 Å². The van der Waals surface area contributed by atoms with Gasteiger partial charge in [-0.05, 0) is 43.5 Å². The number of benzene rings is 2. The number of thioether (sulfide) groups is 1. The van der Waals surface area contributed by atoms with Crippen molar-refractivity contribution in [2.45, 2.75) is 39.0 Å². The Labute approximate surface area is 200 Å². The van der Waals surface area contributed by atoms with E-state index in [1.54, 1.807) is 13.2 Å². The van der Waals surface area contributed by atoms with Crippen molar-refractivity contribution in [3.05, 3.63) is 80.9 Å². The van der Waals surface area contributed by atoms with Crippen LogP contribution in [0.15, 0.2) is 56.3 Å². The maximum absolute atomic E-state index is 12.7. The van der Waals surface area contributed by atoms with Gasteiger partial charge in [-0.2, -0.15) is 11.8 Å². The van der Waals surface area contributed by atoms with Gasteiger partial charge in [-0.1, -0.05) is 30.3 Å². The molecule has 0 fully saturated rings. The van der Waals surface area contributed by atoms with Gasteiger partial charge < -0.3 is 24.1 Å². The summed E-state index contributed by atoms with van der Waals surface area (Å²) >= 11 is 1.38. The highest BCUT2D eigenvalue weighted by Gasteiger charge is 2.21. The van der Waals surface area contributed by atoms with Crippen molar-refractivity contribution < 1.29 is 23.5 Å². The van der Waals surface area contributed by atoms with Gasteiger partial charge in [-0.25, -0.2) is 4.79 Å². The zero-order valence-electron chi connectivity index (χ0n) is 19.1. The first-order chi connectivity index (χ1) is 16.3. The van der Waals surface area contributed by atoms with E-state index >= 15 is 0 Å². The summed E-state index contributed by atoms with van der Waals surface area (Å²) < 4.78 is 11.2. The number of furan rings is 1. The first kappa shape index (κ1) is 23.6. The first-order valence-corrected chi connectivity index (χ1v) is 12.0. The average Bonchev–Trinajstić information content (AvgIpc) is 3.18. The Morgan fingerprint density at radius 1 is 1.06 bits per heavy atom. The van der Waals surface area contributed by atoms with Crippen LogP contribution in [0.25, 0.3) is 21.9 Å². The Kier molecular flexibility index (Phi) is 6.79. The van der Waals surface area contributed by atoms with Crippen molar-refractivity contribution >= 4 is 45.6 Å². The summed E-state index contributed by atoms with van der Waals surface area (Å²) in [5.41, 5.74) is 3.97. The lowest BCUT2D eigenvalue weighted by atomic mass is 9.99. The summed E-state index contributed by atoms with van der Waals surface area (Å²) in [5.74, 6) is -1.20. The monoisotopic (exact) mass is 478 g/mol. The first-order valence-electron chi connectivity index (χ1n) is 10.8. The minimum atomic E-state index is -1.37. The normalized spacial score (nSPS) is 12.2. The van der Waals surface area contributed by atoms with Gasteiger partial charge in [-0.15, -0.1) is 0 Å². The molecule has 176 valence electrons. The van der Waals surface area contributed by atoms with Crippen LogP contribution >= 0.6 is 11.8 Å². The minimum Gasteiger partial charge on any atom is -0.548 e. The summed E-state index contributed by atoms with van der Waals surface area (Å²) in [6.07, 6.45) is 1.35. The Bertz CT molecular complexity index is 1440. The summed E-state index contributed by atoms with van der Waals surface area (Å²) in [4.78, 5) is 37.0. The van der Waals surface area contributed by atoms with Crippen LogP contribution in [-0.4, -0.2) is 23.7 Å². The van der Waals surface area contributed by atoms with E-state index in [9.17, 15) is 19.5 Å². The summed E-state index contributed by atoms with van der Waals surface area (Å²) in [6.45, 7) is 5.50. The highest BCUT2D eigenvalue weighted by Crippen LogP contribution is 2.32. The predicted octanol–water partition coefficient (Wildman–Crippen LogP) is 3.18. The van der Waals surface area contributed by atoms with E-state index in [-0.39, 0.29) is 17.7 Å². The van der Waals surface area contributed by atoms with Crippen LogP contribution in [0, 0.1) is 20.8 Å². The number of carboxylic acids is 1. The number of rotatable bonds is 8. The lowest BCUT2D eigenvalue weighted by Gasteiger charge is -2.19. The Balaban J connectivity index is 1.53. The third-order valence-electron chi connectivity index (χ3n) is 5.89. The van der Waals surface area contributed by atoms with Crippen molar-refractivity contribution in [3.8, 4) is 0 Å². The van der Waals surface area contributed by atoms with Crippen LogP contribution in [0.4, 0.5) is 0 Å². The number of carbonyl (C=O) groups is 2. The molecule has 0 unspecified atom stereocenters. The molecule has 2 heterocycles. The average molecular weight is 479 g/mol. The molecule has 4 aromatic rings. The lowest BCUT2D eigenvalue weighted by Crippen LogP contribution is -2.50. The van der Waals surface area contributed by atoms with Gasteiger partial charge >= 0.3 is 5.63 Å². The van der Waals surface area contributed by atoms with Gasteiger partial charge in [0.2, 0.25) is 5.91 Å². The summed E-state index contributed by atoms with van der Waals surface area (Å²) in [6, 6.07) is 10.3. The molecule has 1 atom stereocenters. The number of aryl methyl sites for hydroxylation is 3. The van der Waals surface area contributed by atoms with E-state index < -0.39 is 23.5 Å². The van der Waals surface area contributed by atoms with Gasteiger partial charge in [0.25, 0.3) is 0 Å². The van der Waals surface area contributed by atoms with Crippen LogP contribution < -0.4 is 16.0 Å². The lowest BCUT2D eigenvalue weighted by molar-refractivity contribution is -0.307. The molecule has 0 aliphatic rings. The van der Waals surface area contributed by atoms with Gasteiger partial charge in [0, 0.05) is 27.8 Å². The molecular formula is C26H24NO6S-. The molecule has 4 rings (SSSR count). The second-order valence-electron chi connectivity index (χ2n) is 8.28. The fourth-order valence-corrected chi connectivity index (χ4v) is 4.97. The fourth-order valence-electron chi connectivity index (χ4n) is 3.97. The van der Waals surface area contributed by atoms with Crippen LogP contribution in [0.5, 0.6) is 0 Å². The molecule has 1 N–H and O–H groups in total. The second kappa shape index (κ2) is 9.77. The van der Waals surface area contributed by atoms with E-state index in [1.807, 2.05) is 50.2 Å². The van der Waals surface area contributed by atoms with Crippen molar-refractivity contribution in [2.24, 2.45) is 0 Å². The van der Waals surface area contributed by atoms with Crippen LogP contribution in [-0.2, 0) is 21.8 Å². The molecule has 2 aromatic heterocycles. The number of hydrogen-bond acceptors (Lipinski definition) is 7. The van der Waals surface area contributed by atoms with Crippen LogP contribution in [0.1, 0.15) is 27.8 Å².